The highest BCUT2D eigenvalue weighted by Crippen LogP contribution is 2.29. The molecule has 12 heavy (non-hydrogen) atoms. The summed E-state index contributed by atoms with van der Waals surface area (Å²) in [5.74, 6) is 0. The van der Waals surface area contributed by atoms with Gasteiger partial charge in [-0.2, -0.15) is 0 Å². The van der Waals surface area contributed by atoms with E-state index in [0.29, 0.717) is 0 Å². The second-order valence-corrected chi connectivity index (χ2v) is 5.73. The molecule has 0 saturated heterocycles. The third kappa shape index (κ3) is 1.22. The Balaban J connectivity index is 2.97. The van der Waals surface area contributed by atoms with Gasteiger partial charge < -0.3 is 0 Å². The van der Waals surface area contributed by atoms with Gasteiger partial charge in [-0.05, 0) is 37.1 Å². The first-order valence-corrected chi connectivity index (χ1v) is 6.24. The molecule has 0 N–H and O–H groups in total. The largest absolute Gasteiger partial charge is 0.109 e. The molecule has 0 radical (unpaired) electrons. The number of hydrogen-bond donors (Lipinski definition) is 0. The van der Waals surface area contributed by atoms with Gasteiger partial charge in [0.1, 0.15) is 3.82 Å². The van der Waals surface area contributed by atoms with E-state index in [4.69, 9.17) is 12.2 Å². The highest BCUT2D eigenvalue weighted by atomic mass is 32.9. The smallest absolute Gasteiger partial charge is 0.0785 e. The summed E-state index contributed by atoms with van der Waals surface area (Å²) in [4.78, 5) is 0. The molecule has 1 aromatic heterocycles. The van der Waals surface area contributed by atoms with Gasteiger partial charge in [0.05, 0.1) is 0 Å². The Morgan fingerprint density at radius 3 is 2.50 bits per heavy atom. The summed E-state index contributed by atoms with van der Waals surface area (Å²) in [6, 6.07) is 4.42. The van der Waals surface area contributed by atoms with Crippen molar-refractivity contribution in [3.8, 4) is 0 Å². The van der Waals surface area contributed by atoms with Gasteiger partial charge in [-0.15, -0.1) is 0 Å². The SMILES string of the molecule is Cc1cc2ssc(=S)c2cc1C. The van der Waals surface area contributed by atoms with Crippen LogP contribution in [0.1, 0.15) is 11.1 Å². The number of hydrogen-bond acceptors (Lipinski definition) is 3. The molecular formula is C9H8S3. The van der Waals surface area contributed by atoms with Gasteiger partial charge in [-0.3, -0.25) is 0 Å². The second-order valence-electron chi connectivity index (χ2n) is 2.89. The van der Waals surface area contributed by atoms with E-state index in [2.05, 4.69) is 26.0 Å². The predicted molar refractivity (Wildman–Crippen MR) is 60.0 cm³/mol. The van der Waals surface area contributed by atoms with Crippen LogP contribution in [0.25, 0.3) is 10.1 Å². The predicted octanol–water partition coefficient (Wildman–Crippen LogP) is 4.31. The second kappa shape index (κ2) is 2.91. The van der Waals surface area contributed by atoms with Gasteiger partial charge in [0.15, 0.2) is 0 Å². The zero-order valence-electron chi connectivity index (χ0n) is 6.88. The van der Waals surface area contributed by atoms with Gasteiger partial charge in [-0.1, -0.05) is 32.9 Å². The molecule has 0 spiro atoms. The van der Waals surface area contributed by atoms with Crippen LogP contribution in [0.3, 0.4) is 0 Å². The summed E-state index contributed by atoms with van der Waals surface area (Å²) in [7, 11) is 3.47. The van der Waals surface area contributed by atoms with Crippen molar-refractivity contribution in [1.82, 2.24) is 0 Å². The van der Waals surface area contributed by atoms with E-state index in [9.17, 15) is 0 Å². The minimum Gasteiger partial charge on any atom is -0.0785 e. The minimum atomic E-state index is 1.03. The first-order chi connectivity index (χ1) is 5.68. The highest BCUT2D eigenvalue weighted by Gasteiger charge is 2.01. The van der Waals surface area contributed by atoms with E-state index in [-0.39, 0.29) is 0 Å². The van der Waals surface area contributed by atoms with Gasteiger partial charge in [-0.25, -0.2) is 0 Å². The zero-order valence-corrected chi connectivity index (χ0v) is 9.33. The quantitative estimate of drug-likeness (QED) is 0.463. The van der Waals surface area contributed by atoms with Crippen LogP contribution in [0.5, 0.6) is 0 Å². The van der Waals surface area contributed by atoms with Crippen LogP contribution < -0.4 is 0 Å². The molecule has 2 aromatic rings. The Hall–Kier alpha value is -0.250. The van der Waals surface area contributed by atoms with Gasteiger partial charge in [0, 0.05) is 10.1 Å². The summed E-state index contributed by atoms with van der Waals surface area (Å²) in [6.07, 6.45) is 0. The van der Waals surface area contributed by atoms with E-state index in [1.54, 1.807) is 20.7 Å². The van der Waals surface area contributed by atoms with Gasteiger partial charge >= 0.3 is 0 Å². The van der Waals surface area contributed by atoms with Crippen molar-refractivity contribution in [2.45, 2.75) is 13.8 Å². The molecule has 0 saturated carbocycles. The topological polar surface area (TPSA) is 0 Å². The first kappa shape index (κ1) is 8.35. The minimum absolute atomic E-state index is 1.03. The number of aryl methyl sites for hydroxylation is 2. The van der Waals surface area contributed by atoms with Crippen molar-refractivity contribution >= 4 is 43.0 Å². The molecule has 1 heterocycles. The monoisotopic (exact) mass is 212 g/mol. The fourth-order valence-corrected chi connectivity index (χ4v) is 3.83. The Kier molecular flexibility index (Phi) is 2.02. The maximum Gasteiger partial charge on any atom is 0.109 e. The molecule has 0 aliphatic carbocycles. The maximum atomic E-state index is 5.22. The van der Waals surface area contributed by atoms with Gasteiger partial charge in [0.2, 0.25) is 0 Å². The molecule has 0 fully saturated rings. The lowest BCUT2D eigenvalue weighted by Crippen LogP contribution is -1.77. The zero-order chi connectivity index (χ0) is 8.72. The Bertz CT molecular complexity index is 476. The van der Waals surface area contributed by atoms with Crippen LogP contribution in [-0.4, -0.2) is 0 Å². The third-order valence-corrected chi connectivity index (χ3v) is 5.07. The van der Waals surface area contributed by atoms with Gasteiger partial charge in [0.25, 0.3) is 0 Å². The lowest BCUT2D eigenvalue weighted by molar-refractivity contribution is 1.37. The molecule has 0 amide bonds. The molecule has 0 bridgehead atoms. The summed E-state index contributed by atoms with van der Waals surface area (Å²) >= 11 is 5.22. The Morgan fingerprint density at radius 2 is 1.75 bits per heavy atom. The molecule has 3 heteroatoms. The summed E-state index contributed by atoms with van der Waals surface area (Å²) in [5.41, 5.74) is 2.69. The number of fused-ring (bicyclic) bond motifs is 1. The average Bonchev–Trinajstić information content (AvgIpc) is 2.35. The molecule has 0 nitrogen and oxygen atoms in total. The van der Waals surface area contributed by atoms with Crippen LogP contribution in [0.2, 0.25) is 0 Å². The summed E-state index contributed by atoms with van der Waals surface area (Å²) < 4.78 is 2.35. The van der Waals surface area contributed by atoms with Crippen molar-refractivity contribution in [2.24, 2.45) is 0 Å². The van der Waals surface area contributed by atoms with Crippen molar-refractivity contribution in [2.75, 3.05) is 0 Å². The van der Waals surface area contributed by atoms with Crippen molar-refractivity contribution < 1.29 is 0 Å². The van der Waals surface area contributed by atoms with Crippen LogP contribution in [0.4, 0.5) is 0 Å². The average molecular weight is 212 g/mol. The normalized spacial score (nSPS) is 10.8. The van der Waals surface area contributed by atoms with E-state index in [0.717, 1.165) is 3.82 Å². The molecule has 0 aliphatic heterocycles. The molecule has 2 rings (SSSR count). The highest BCUT2D eigenvalue weighted by molar-refractivity contribution is 7.81. The van der Waals surface area contributed by atoms with Crippen LogP contribution in [0, 0.1) is 17.7 Å². The standard InChI is InChI=1S/C9H8S3/c1-5-3-7-8(4-6(5)2)11-12-9(7)10/h3-4H,1-2H3. The number of benzene rings is 1. The van der Waals surface area contributed by atoms with E-state index in [1.165, 1.54) is 21.2 Å². The fourth-order valence-electron chi connectivity index (χ4n) is 1.15. The molecule has 62 valence electrons. The first-order valence-electron chi connectivity index (χ1n) is 3.68. The Labute approximate surface area is 83.9 Å². The molecule has 0 aliphatic rings. The van der Waals surface area contributed by atoms with E-state index >= 15 is 0 Å². The molecule has 0 atom stereocenters. The maximum absolute atomic E-state index is 5.22. The fraction of sp³-hybridized carbons (Fsp3) is 0.222. The summed E-state index contributed by atoms with van der Waals surface area (Å²) in [6.45, 7) is 4.27. The van der Waals surface area contributed by atoms with E-state index < -0.39 is 0 Å². The molecule has 1 aromatic carbocycles. The van der Waals surface area contributed by atoms with Crippen LogP contribution in [-0.2, 0) is 0 Å². The van der Waals surface area contributed by atoms with Crippen molar-refractivity contribution in [3.05, 3.63) is 27.1 Å². The van der Waals surface area contributed by atoms with Crippen LogP contribution >= 0.6 is 32.9 Å². The Morgan fingerprint density at radius 1 is 1.08 bits per heavy atom. The number of rotatable bonds is 0. The molecular weight excluding hydrogens is 204 g/mol. The van der Waals surface area contributed by atoms with Crippen LogP contribution in [0.15, 0.2) is 12.1 Å². The lowest BCUT2D eigenvalue weighted by atomic mass is 10.1. The lowest BCUT2D eigenvalue weighted by Gasteiger charge is -1.97. The summed E-state index contributed by atoms with van der Waals surface area (Å²) in [5, 5.41) is 1.25. The van der Waals surface area contributed by atoms with Crippen molar-refractivity contribution in [1.29, 1.82) is 0 Å². The van der Waals surface area contributed by atoms with Crippen molar-refractivity contribution in [3.63, 3.8) is 0 Å². The molecule has 0 unspecified atom stereocenters. The third-order valence-electron chi connectivity index (χ3n) is 2.02. The van der Waals surface area contributed by atoms with E-state index in [1.807, 2.05) is 0 Å².